The van der Waals surface area contributed by atoms with Gasteiger partial charge in [-0.2, -0.15) is 0 Å². The molecule has 156 valence electrons. The van der Waals surface area contributed by atoms with E-state index >= 15 is 0 Å². The van der Waals surface area contributed by atoms with E-state index in [-0.39, 0.29) is 16.8 Å². The molecule has 1 aromatic rings. The van der Waals surface area contributed by atoms with E-state index in [1.165, 1.54) is 6.08 Å². The molecule has 7 nitrogen and oxygen atoms in total. The van der Waals surface area contributed by atoms with Crippen LogP contribution in [-0.2, 0) is 14.8 Å². The number of carbonyl (C=O) groups excluding carboxylic acids is 1. The fourth-order valence-electron chi connectivity index (χ4n) is 2.95. The van der Waals surface area contributed by atoms with Crippen molar-refractivity contribution in [3.05, 3.63) is 35.9 Å². The van der Waals surface area contributed by atoms with Crippen LogP contribution in [-0.4, -0.2) is 76.5 Å². The number of nitrogens with zero attached hydrogens (tertiary/aromatic N) is 2. The van der Waals surface area contributed by atoms with Gasteiger partial charge < -0.3 is 15.1 Å². The van der Waals surface area contributed by atoms with Gasteiger partial charge in [-0.1, -0.05) is 12.1 Å². The highest BCUT2D eigenvalue weighted by Crippen LogP contribution is 2.12. The smallest absolute Gasteiger partial charge is 0.243 e. The van der Waals surface area contributed by atoms with Crippen LogP contribution in [0.25, 0.3) is 6.08 Å². The fraction of sp³-hybridized carbons (Fsp3) is 0.550. The summed E-state index contributed by atoms with van der Waals surface area (Å²) in [7, 11) is -1.36. The summed E-state index contributed by atoms with van der Waals surface area (Å²) < 4.78 is 26.7. The van der Waals surface area contributed by atoms with E-state index in [9.17, 15) is 13.2 Å². The molecule has 1 aliphatic rings. The van der Waals surface area contributed by atoms with Crippen LogP contribution in [0.1, 0.15) is 25.8 Å². The second-order valence-corrected chi connectivity index (χ2v) is 9.18. The molecule has 0 unspecified atom stereocenters. The maximum absolute atomic E-state index is 12.1. The lowest BCUT2D eigenvalue weighted by Crippen LogP contribution is -2.45. The molecule has 1 heterocycles. The van der Waals surface area contributed by atoms with Gasteiger partial charge in [0.25, 0.3) is 0 Å². The molecule has 0 aliphatic carbocycles. The summed E-state index contributed by atoms with van der Waals surface area (Å²) in [4.78, 5) is 16.9. The first-order valence-electron chi connectivity index (χ1n) is 9.75. The normalized spacial score (nSPS) is 16.7. The van der Waals surface area contributed by atoms with Gasteiger partial charge in [0.1, 0.15) is 0 Å². The Morgan fingerprint density at radius 1 is 1.14 bits per heavy atom. The van der Waals surface area contributed by atoms with E-state index < -0.39 is 10.0 Å². The van der Waals surface area contributed by atoms with Crippen LogP contribution in [0.2, 0.25) is 0 Å². The molecule has 0 aromatic heterocycles. The second kappa shape index (κ2) is 10.7. The minimum absolute atomic E-state index is 0.142. The van der Waals surface area contributed by atoms with Crippen molar-refractivity contribution in [1.29, 1.82) is 0 Å². The van der Waals surface area contributed by atoms with Crippen molar-refractivity contribution in [2.75, 3.05) is 46.3 Å². The van der Waals surface area contributed by atoms with Crippen LogP contribution in [0.15, 0.2) is 35.2 Å². The lowest BCUT2D eigenvalue weighted by molar-refractivity contribution is -0.116. The van der Waals surface area contributed by atoms with Crippen LogP contribution >= 0.6 is 0 Å². The van der Waals surface area contributed by atoms with Crippen molar-refractivity contribution in [3.8, 4) is 0 Å². The van der Waals surface area contributed by atoms with Crippen LogP contribution in [0.5, 0.6) is 0 Å². The summed E-state index contributed by atoms with van der Waals surface area (Å²) in [5.74, 6) is -0.142. The van der Waals surface area contributed by atoms with Crippen molar-refractivity contribution in [2.45, 2.75) is 31.2 Å². The molecule has 1 aliphatic heterocycles. The van der Waals surface area contributed by atoms with E-state index in [4.69, 9.17) is 0 Å². The van der Waals surface area contributed by atoms with Crippen LogP contribution < -0.4 is 10.0 Å². The Morgan fingerprint density at radius 2 is 1.79 bits per heavy atom. The quantitative estimate of drug-likeness (QED) is 0.473. The van der Waals surface area contributed by atoms with E-state index in [0.717, 1.165) is 44.7 Å². The Balaban J connectivity index is 1.73. The Labute approximate surface area is 168 Å². The number of benzene rings is 1. The van der Waals surface area contributed by atoms with Crippen molar-refractivity contribution < 1.29 is 13.2 Å². The van der Waals surface area contributed by atoms with Crippen LogP contribution in [0, 0.1) is 0 Å². The predicted molar refractivity (Wildman–Crippen MR) is 112 cm³/mol. The average molecular weight is 409 g/mol. The largest absolute Gasteiger partial charge is 0.353 e. The topological polar surface area (TPSA) is 81.7 Å². The predicted octanol–water partition coefficient (Wildman–Crippen LogP) is 1.14. The number of hydrogen-bond donors (Lipinski definition) is 2. The summed E-state index contributed by atoms with van der Waals surface area (Å²) in [5, 5.41) is 2.89. The monoisotopic (exact) mass is 408 g/mol. The van der Waals surface area contributed by atoms with Gasteiger partial charge in [0.15, 0.2) is 0 Å². The SMILES string of the molecule is CC(C)NS(=O)(=O)c1ccc(/C=C/C(=O)NCCCN2CCN(C)CC2)cc1. The highest BCUT2D eigenvalue weighted by molar-refractivity contribution is 7.89. The van der Waals surface area contributed by atoms with E-state index in [1.807, 2.05) is 0 Å². The van der Waals surface area contributed by atoms with Crippen molar-refractivity contribution >= 4 is 22.0 Å². The van der Waals surface area contributed by atoms with Gasteiger partial charge in [-0.15, -0.1) is 0 Å². The first-order valence-corrected chi connectivity index (χ1v) is 11.2. The lowest BCUT2D eigenvalue weighted by atomic mass is 10.2. The van der Waals surface area contributed by atoms with Gasteiger partial charge in [0, 0.05) is 44.8 Å². The Bertz CT molecular complexity index is 752. The highest BCUT2D eigenvalue weighted by atomic mass is 32.2. The molecule has 0 atom stereocenters. The van der Waals surface area contributed by atoms with Gasteiger partial charge in [-0.3, -0.25) is 4.79 Å². The molecule has 0 saturated carbocycles. The first-order chi connectivity index (χ1) is 13.3. The third-order valence-corrected chi connectivity index (χ3v) is 6.23. The maximum atomic E-state index is 12.1. The van der Waals surface area contributed by atoms with Gasteiger partial charge in [-0.05, 0) is 57.6 Å². The minimum Gasteiger partial charge on any atom is -0.353 e. The standard InChI is InChI=1S/C20H32N4O3S/c1-17(2)22-28(26,27)19-8-5-18(6-9-19)7-10-20(25)21-11-4-12-24-15-13-23(3)14-16-24/h5-10,17,22H,4,11-16H2,1-3H3,(H,21,25)/b10-7+. The van der Waals surface area contributed by atoms with Crippen LogP contribution in [0.4, 0.5) is 0 Å². The van der Waals surface area contributed by atoms with Crippen molar-refractivity contribution in [1.82, 2.24) is 19.8 Å². The van der Waals surface area contributed by atoms with E-state index in [2.05, 4.69) is 26.9 Å². The molecule has 0 bridgehead atoms. The number of piperazine rings is 1. The molecule has 0 spiro atoms. The number of amides is 1. The Hall–Kier alpha value is -1.74. The van der Waals surface area contributed by atoms with Gasteiger partial charge in [0.2, 0.25) is 15.9 Å². The zero-order valence-corrected chi connectivity index (χ0v) is 17.8. The zero-order chi connectivity index (χ0) is 20.6. The number of carbonyl (C=O) groups is 1. The maximum Gasteiger partial charge on any atom is 0.243 e. The van der Waals surface area contributed by atoms with E-state index in [1.54, 1.807) is 44.2 Å². The highest BCUT2D eigenvalue weighted by Gasteiger charge is 2.15. The molecule has 1 amide bonds. The summed E-state index contributed by atoms with van der Waals surface area (Å²) in [6.07, 6.45) is 4.09. The molecule has 1 saturated heterocycles. The molecule has 8 heteroatoms. The van der Waals surface area contributed by atoms with Gasteiger partial charge in [0.05, 0.1) is 4.90 Å². The summed E-state index contributed by atoms with van der Waals surface area (Å²) >= 11 is 0. The number of likely N-dealkylation sites (N-methyl/N-ethyl adjacent to an activating group) is 1. The number of sulfonamides is 1. The second-order valence-electron chi connectivity index (χ2n) is 7.47. The molecule has 2 rings (SSSR count). The fourth-order valence-corrected chi connectivity index (χ4v) is 4.20. The molecule has 28 heavy (non-hydrogen) atoms. The molecule has 1 aromatic carbocycles. The van der Waals surface area contributed by atoms with E-state index in [0.29, 0.717) is 6.54 Å². The third-order valence-electron chi connectivity index (χ3n) is 4.55. The Kier molecular flexibility index (Phi) is 8.62. The van der Waals surface area contributed by atoms with Crippen molar-refractivity contribution in [3.63, 3.8) is 0 Å². The van der Waals surface area contributed by atoms with Crippen molar-refractivity contribution in [2.24, 2.45) is 0 Å². The van der Waals surface area contributed by atoms with Gasteiger partial charge >= 0.3 is 0 Å². The molecular weight excluding hydrogens is 376 g/mol. The molecule has 0 radical (unpaired) electrons. The van der Waals surface area contributed by atoms with Crippen LogP contribution in [0.3, 0.4) is 0 Å². The third kappa shape index (κ3) is 7.71. The summed E-state index contributed by atoms with van der Waals surface area (Å²) in [6.45, 7) is 9.57. The summed E-state index contributed by atoms with van der Waals surface area (Å²) in [5.41, 5.74) is 0.774. The minimum atomic E-state index is -3.50. The number of rotatable bonds is 9. The number of hydrogen-bond acceptors (Lipinski definition) is 5. The molecular formula is C20H32N4O3S. The zero-order valence-electron chi connectivity index (χ0n) is 17.0. The lowest BCUT2D eigenvalue weighted by Gasteiger charge is -2.32. The summed E-state index contributed by atoms with van der Waals surface area (Å²) in [6, 6.07) is 6.29. The molecule has 1 fully saturated rings. The molecule has 2 N–H and O–H groups in total. The average Bonchev–Trinajstić information content (AvgIpc) is 2.64. The first kappa shape index (κ1) is 22.5. The Morgan fingerprint density at radius 3 is 2.39 bits per heavy atom. The number of nitrogens with one attached hydrogen (secondary N) is 2. The van der Waals surface area contributed by atoms with Gasteiger partial charge in [-0.25, -0.2) is 13.1 Å².